The van der Waals surface area contributed by atoms with Crippen molar-refractivity contribution in [3.63, 3.8) is 0 Å². The molecular formula is C16H24N2O. The molecule has 0 radical (unpaired) electrons. The normalized spacial score (nSPS) is 19.9. The van der Waals surface area contributed by atoms with E-state index in [-0.39, 0.29) is 5.91 Å². The van der Waals surface area contributed by atoms with Gasteiger partial charge in [0.15, 0.2) is 0 Å². The van der Waals surface area contributed by atoms with Crippen molar-refractivity contribution in [2.24, 2.45) is 0 Å². The fourth-order valence-corrected chi connectivity index (χ4v) is 2.64. The molecule has 0 aromatic heterocycles. The van der Waals surface area contributed by atoms with Crippen molar-refractivity contribution in [3.05, 3.63) is 34.4 Å². The number of likely N-dealkylation sites (tertiary alicyclic amines) is 1. The zero-order valence-corrected chi connectivity index (χ0v) is 12.4. The largest absolute Gasteiger partial charge is 0.344 e. The first kappa shape index (κ1) is 14.1. The predicted molar refractivity (Wildman–Crippen MR) is 78.2 cm³/mol. The van der Waals surface area contributed by atoms with Crippen LogP contribution in [0.1, 0.15) is 35.1 Å². The molecule has 1 aromatic rings. The molecule has 104 valence electrons. The van der Waals surface area contributed by atoms with Crippen molar-refractivity contribution < 1.29 is 4.79 Å². The summed E-state index contributed by atoms with van der Waals surface area (Å²) in [4.78, 5) is 13.3. The highest BCUT2D eigenvalue weighted by molar-refractivity contribution is 5.76. The SMILES string of the molecule is Cc1cc(C)c(CNC2CCC(=O)N(C)C2)cc1C. The van der Waals surface area contributed by atoms with Gasteiger partial charge >= 0.3 is 0 Å². The number of hydrogen-bond acceptors (Lipinski definition) is 2. The van der Waals surface area contributed by atoms with Crippen molar-refractivity contribution in [2.75, 3.05) is 13.6 Å². The van der Waals surface area contributed by atoms with Crippen LogP contribution in [0.5, 0.6) is 0 Å². The maximum Gasteiger partial charge on any atom is 0.222 e. The van der Waals surface area contributed by atoms with Crippen molar-refractivity contribution in [1.29, 1.82) is 0 Å². The van der Waals surface area contributed by atoms with Crippen LogP contribution in [0.3, 0.4) is 0 Å². The summed E-state index contributed by atoms with van der Waals surface area (Å²) < 4.78 is 0. The van der Waals surface area contributed by atoms with Crippen LogP contribution in [-0.4, -0.2) is 30.4 Å². The minimum absolute atomic E-state index is 0.264. The number of nitrogens with zero attached hydrogens (tertiary/aromatic N) is 1. The average Bonchev–Trinajstić information content (AvgIpc) is 2.36. The molecule has 1 heterocycles. The minimum Gasteiger partial charge on any atom is -0.344 e. The van der Waals surface area contributed by atoms with E-state index in [0.29, 0.717) is 12.5 Å². The monoisotopic (exact) mass is 260 g/mol. The Morgan fingerprint density at radius 1 is 1.21 bits per heavy atom. The topological polar surface area (TPSA) is 32.3 Å². The molecule has 0 bridgehead atoms. The highest BCUT2D eigenvalue weighted by Gasteiger charge is 2.22. The Hall–Kier alpha value is -1.35. The molecule has 1 saturated heterocycles. The molecule has 0 saturated carbocycles. The van der Waals surface area contributed by atoms with Crippen LogP contribution in [0.15, 0.2) is 12.1 Å². The van der Waals surface area contributed by atoms with Gasteiger partial charge in [-0.2, -0.15) is 0 Å². The third-order valence-corrected chi connectivity index (χ3v) is 4.16. The van der Waals surface area contributed by atoms with Gasteiger partial charge in [-0.1, -0.05) is 12.1 Å². The van der Waals surface area contributed by atoms with Crippen LogP contribution in [0.2, 0.25) is 0 Å². The molecule has 1 aromatic carbocycles. The molecule has 1 N–H and O–H groups in total. The van der Waals surface area contributed by atoms with Gasteiger partial charge in [-0.25, -0.2) is 0 Å². The summed E-state index contributed by atoms with van der Waals surface area (Å²) in [6.07, 6.45) is 1.62. The van der Waals surface area contributed by atoms with Crippen LogP contribution in [0, 0.1) is 20.8 Å². The lowest BCUT2D eigenvalue weighted by Gasteiger charge is -2.30. The number of rotatable bonds is 3. The van der Waals surface area contributed by atoms with E-state index in [1.54, 1.807) is 0 Å². The fourth-order valence-electron chi connectivity index (χ4n) is 2.64. The lowest BCUT2D eigenvalue weighted by molar-refractivity contribution is -0.132. The number of aryl methyl sites for hydroxylation is 3. The van der Waals surface area contributed by atoms with E-state index in [0.717, 1.165) is 19.5 Å². The Kier molecular flexibility index (Phi) is 4.25. The molecule has 1 aliphatic rings. The van der Waals surface area contributed by atoms with Gasteiger partial charge in [0.1, 0.15) is 0 Å². The van der Waals surface area contributed by atoms with E-state index in [2.05, 4.69) is 38.2 Å². The first-order chi connectivity index (χ1) is 8.97. The summed E-state index contributed by atoms with van der Waals surface area (Å²) in [7, 11) is 1.89. The molecular weight excluding hydrogens is 236 g/mol. The van der Waals surface area contributed by atoms with E-state index in [9.17, 15) is 4.79 Å². The number of nitrogens with one attached hydrogen (secondary N) is 1. The maximum absolute atomic E-state index is 11.4. The van der Waals surface area contributed by atoms with Crippen LogP contribution < -0.4 is 5.32 Å². The van der Waals surface area contributed by atoms with Crippen molar-refractivity contribution in [2.45, 2.75) is 46.2 Å². The van der Waals surface area contributed by atoms with Crippen LogP contribution in [0.25, 0.3) is 0 Å². The number of likely N-dealkylation sites (N-methyl/N-ethyl adjacent to an activating group) is 1. The molecule has 1 atom stereocenters. The summed E-state index contributed by atoms with van der Waals surface area (Å²) in [5.41, 5.74) is 5.40. The van der Waals surface area contributed by atoms with Gasteiger partial charge in [0.25, 0.3) is 0 Å². The molecule has 19 heavy (non-hydrogen) atoms. The Morgan fingerprint density at radius 2 is 1.89 bits per heavy atom. The molecule has 3 heteroatoms. The van der Waals surface area contributed by atoms with Gasteiger partial charge in [0, 0.05) is 32.6 Å². The lowest BCUT2D eigenvalue weighted by atomic mass is 10.00. The molecule has 2 rings (SSSR count). The zero-order chi connectivity index (χ0) is 14.0. The third-order valence-electron chi connectivity index (χ3n) is 4.16. The van der Waals surface area contributed by atoms with E-state index in [1.807, 2.05) is 11.9 Å². The number of piperidine rings is 1. The van der Waals surface area contributed by atoms with Gasteiger partial charge < -0.3 is 10.2 Å². The third kappa shape index (κ3) is 3.35. The van der Waals surface area contributed by atoms with Gasteiger partial charge in [-0.05, 0) is 49.4 Å². The maximum atomic E-state index is 11.4. The molecule has 0 aliphatic carbocycles. The van der Waals surface area contributed by atoms with Crippen LogP contribution >= 0.6 is 0 Å². The molecule has 3 nitrogen and oxygen atoms in total. The Bertz CT molecular complexity index is 482. The van der Waals surface area contributed by atoms with E-state index < -0.39 is 0 Å². The van der Waals surface area contributed by atoms with Crippen LogP contribution in [-0.2, 0) is 11.3 Å². The summed E-state index contributed by atoms with van der Waals surface area (Å²) in [6, 6.07) is 4.95. The minimum atomic E-state index is 0.264. The molecule has 1 amide bonds. The molecule has 1 aliphatic heterocycles. The number of carbonyl (C=O) groups excluding carboxylic acids is 1. The second-order valence-electron chi connectivity index (χ2n) is 5.75. The number of carbonyl (C=O) groups is 1. The Labute approximate surface area is 116 Å². The van der Waals surface area contributed by atoms with Gasteiger partial charge in [-0.15, -0.1) is 0 Å². The van der Waals surface area contributed by atoms with Crippen molar-refractivity contribution in [3.8, 4) is 0 Å². The first-order valence-electron chi connectivity index (χ1n) is 7.01. The molecule has 1 unspecified atom stereocenters. The summed E-state index contributed by atoms with van der Waals surface area (Å²) >= 11 is 0. The highest BCUT2D eigenvalue weighted by Crippen LogP contribution is 2.16. The molecule has 1 fully saturated rings. The first-order valence-corrected chi connectivity index (χ1v) is 7.01. The Morgan fingerprint density at radius 3 is 2.58 bits per heavy atom. The van der Waals surface area contributed by atoms with Gasteiger partial charge in [0.2, 0.25) is 5.91 Å². The smallest absolute Gasteiger partial charge is 0.222 e. The van der Waals surface area contributed by atoms with E-state index in [1.165, 1.54) is 22.3 Å². The molecule has 0 spiro atoms. The number of amides is 1. The fraction of sp³-hybridized carbons (Fsp3) is 0.562. The van der Waals surface area contributed by atoms with Crippen molar-refractivity contribution >= 4 is 5.91 Å². The summed E-state index contributed by atoms with van der Waals surface area (Å²) in [5, 5.41) is 3.58. The van der Waals surface area contributed by atoms with Gasteiger partial charge in [0.05, 0.1) is 0 Å². The summed E-state index contributed by atoms with van der Waals surface area (Å²) in [5.74, 6) is 0.264. The second-order valence-corrected chi connectivity index (χ2v) is 5.75. The standard InChI is InChI=1S/C16H24N2O/c1-11-7-13(3)14(8-12(11)2)9-17-15-5-6-16(19)18(4)10-15/h7-8,15,17H,5-6,9-10H2,1-4H3. The number of benzene rings is 1. The average molecular weight is 260 g/mol. The van der Waals surface area contributed by atoms with E-state index in [4.69, 9.17) is 0 Å². The quantitative estimate of drug-likeness (QED) is 0.904. The highest BCUT2D eigenvalue weighted by atomic mass is 16.2. The van der Waals surface area contributed by atoms with Crippen LogP contribution in [0.4, 0.5) is 0 Å². The summed E-state index contributed by atoms with van der Waals surface area (Å²) in [6.45, 7) is 8.19. The zero-order valence-electron chi connectivity index (χ0n) is 12.4. The van der Waals surface area contributed by atoms with E-state index >= 15 is 0 Å². The second kappa shape index (κ2) is 5.74. The van der Waals surface area contributed by atoms with Gasteiger partial charge in [-0.3, -0.25) is 4.79 Å². The Balaban J connectivity index is 1.96. The predicted octanol–water partition coefficient (Wildman–Crippen LogP) is 2.32. The number of hydrogen-bond donors (Lipinski definition) is 1. The van der Waals surface area contributed by atoms with Crippen molar-refractivity contribution in [1.82, 2.24) is 10.2 Å². The lowest BCUT2D eigenvalue weighted by Crippen LogP contribution is -2.46.